The maximum absolute atomic E-state index is 12.6. The van der Waals surface area contributed by atoms with Gasteiger partial charge < -0.3 is 10.1 Å². The molecule has 132 valence electrons. The summed E-state index contributed by atoms with van der Waals surface area (Å²) in [6, 6.07) is 9.55. The molecule has 0 atom stereocenters. The summed E-state index contributed by atoms with van der Waals surface area (Å²) in [6.45, 7) is 1.72. The number of ether oxygens (including phenoxy) is 1. The normalized spacial score (nSPS) is 10.4. The van der Waals surface area contributed by atoms with Crippen LogP contribution in [0.2, 0.25) is 0 Å². The van der Waals surface area contributed by atoms with Crippen LogP contribution in [0.5, 0.6) is 5.75 Å². The number of nitro groups is 1. The Labute approximate surface area is 148 Å². The summed E-state index contributed by atoms with van der Waals surface area (Å²) in [5.74, 6) is 0.395. The Kier molecular flexibility index (Phi) is 4.61. The van der Waals surface area contributed by atoms with E-state index in [9.17, 15) is 14.9 Å². The number of anilines is 1. The number of benzene rings is 1. The third-order valence-electron chi connectivity index (χ3n) is 3.77. The molecule has 1 amide bonds. The van der Waals surface area contributed by atoms with Crippen LogP contribution in [0, 0.1) is 17.0 Å². The minimum Gasteiger partial charge on any atom is -0.496 e. The minimum absolute atomic E-state index is 0.0748. The number of nitro benzene ring substituents is 1. The van der Waals surface area contributed by atoms with E-state index in [1.807, 2.05) is 6.07 Å². The molecule has 9 heteroatoms. The van der Waals surface area contributed by atoms with E-state index >= 15 is 0 Å². The molecule has 2 aromatic heterocycles. The van der Waals surface area contributed by atoms with E-state index in [1.54, 1.807) is 25.3 Å². The molecule has 1 N–H and O–H groups in total. The first kappa shape index (κ1) is 17.1. The van der Waals surface area contributed by atoms with Gasteiger partial charge in [-0.1, -0.05) is 6.07 Å². The number of carbonyl (C=O) groups excluding carboxylic acids is 1. The number of nitrogens with zero attached hydrogens (tertiary/aromatic N) is 4. The molecule has 0 unspecified atom stereocenters. The van der Waals surface area contributed by atoms with Crippen LogP contribution >= 0.6 is 0 Å². The molecule has 0 radical (unpaired) electrons. The molecule has 2 heterocycles. The van der Waals surface area contributed by atoms with Crippen molar-refractivity contribution in [3.05, 3.63) is 70.2 Å². The predicted octanol–water partition coefficient (Wildman–Crippen LogP) is 2.74. The highest BCUT2D eigenvalue weighted by Gasteiger charge is 2.21. The lowest BCUT2D eigenvalue weighted by molar-refractivity contribution is -0.384. The third-order valence-corrected chi connectivity index (χ3v) is 3.77. The summed E-state index contributed by atoms with van der Waals surface area (Å²) >= 11 is 0. The minimum atomic E-state index is -0.581. The quantitative estimate of drug-likeness (QED) is 0.557. The molecule has 0 aliphatic carbocycles. The van der Waals surface area contributed by atoms with Gasteiger partial charge in [0.2, 0.25) is 0 Å². The molecule has 0 spiro atoms. The number of amides is 1. The van der Waals surface area contributed by atoms with E-state index in [2.05, 4.69) is 15.4 Å². The van der Waals surface area contributed by atoms with Crippen LogP contribution in [0.1, 0.15) is 16.1 Å². The molecule has 0 bridgehead atoms. The molecule has 0 saturated carbocycles. The van der Waals surface area contributed by atoms with Crippen molar-refractivity contribution in [3.63, 3.8) is 0 Å². The summed E-state index contributed by atoms with van der Waals surface area (Å²) in [5, 5.41) is 18.0. The van der Waals surface area contributed by atoms with Crippen molar-refractivity contribution in [2.45, 2.75) is 6.92 Å². The topological polar surface area (TPSA) is 112 Å². The standard InChI is InChI=1S/C17H15N5O4/c1-11-13(10-19-21(11)16-5-3-4-8-18-16)17(23)20-14-7-6-12(26-2)9-15(14)22(24)25/h3-10H,1-2H3,(H,20,23). The summed E-state index contributed by atoms with van der Waals surface area (Å²) in [7, 11) is 1.41. The molecule has 0 aliphatic rings. The highest BCUT2D eigenvalue weighted by molar-refractivity contribution is 6.06. The molecule has 3 rings (SSSR count). The van der Waals surface area contributed by atoms with Gasteiger partial charge in [-0.05, 0) is 31.2 Å². The molecule has 3 aromatic rings. The number of pyridine rings is 1. The van der Waals surface area contributed by atoms with Gasteiger partial charge in [0.1, 0.15) is 11.4 Å². The second-order valence-corrected chi connectivity index (χ2v) is 5.34. The third kappa shape index (κ3) is 3.22. The number of carbonyl (C=O) groups is 1. The fourth-order valence-electron chi connectivity index (χ4n) is 2.43. The Morgan fingerprint density at radius 3 is 2.77 bits per heavy atom. The second-order valence-electron chi connectivity index (χ2n) is 5.34. The summed E-state index contributed by atoms with van der Waals surface area (Å²) in [4.78, 5) is 27.4. The first-order valence-corrected chi connectivity index (χ1v) is 7.61. The number of hydrogen-bond acceptors (Lipinski definition) is 6. The zero-order valence-corrected chi connectivity index (χ0v) is 14.0. The first-order valence-electron chi connectivity index (χ1n) is 7.61. The molecule has 1 aromatic carbocycles. The van der Waals surface area contributed by atoms with Gasteiger partial charge in [-0.25, -0.2) is 9.67 Å². The number of rotatable bonds is 5. The van der Waals surface area contributed by atoms with Crippen LogP contribution in [0.4, 0.5) is 11.4 Å². The molecular formula is C17H15N5O4. The van der Waals surface area contributed by atoms with Gasteiger partial charge in [-0.15, -0.1) is 0 Å². The largest absolute Gasteiger partial charge is 0.496 e. The first-order chi connectivity index (χ1) is 12.5. The van der Waals surface area contributed by atoms with Crippen LogP contribution in [-0.2, 0) is 0 Å². The maximum atomic E-state index is 12.6. The smallest absolute Gasteiger partial charge is 0.296 e. The second kappa shape index (κ2) is 7.01. The Balaban J connectivity index is 1.90. The van der Waals surface area contributed by atoms with Gasteiger partial charge in [0.05, 0.1) is 35.6 Å². The van der Waals surface area contributed by atoms with Crippen LogP contribution in [0.15, 0.2) is 48.8 Å². The maximum Gasteiger partial charge on any atom is 0.296 e. The molecule has 0 aliphatic heterocycles. The van der Waals surface area contributed by atoms with Crippen molar-refractivity contribution in [1.29, 1.82) is 0 Å². The number of hydrogen-bond donors (Lipinski definition) is 1. The monoisotopic (exact) mass is 353 g/mol. The van der Waals surface area contributed by atoms with E-state index in [1.165, 1.54) is 36.2 Å². The summed E-state index contributed by atoms with van der Waals surface area (Å²) in [6.07, 6.45) is 3.02. The fourth-order valence-corrected chi connectivity index (χ4v) is 2.43. The van der Waals surface area contributed by atoms with Crippen molar-refractivity contribution in [1.82, 2.24) is 14.8 Å². The Hall–Kier alpha value is -3.75. The van der Waals surface area contributed by atoms with Gasteiger partial charge in [-0.2, -0.15) is 5.10 Å². The average Bonchev–Trinajstić information content (AvgIpc) is 3.04. The van der Waals surface area contributed by atoms with Gasteiger partial charge >= 0.3 is 0 Å². The average molecular weight is 353 g/mol. The van der Waals surface area contributed by atoms with Gasteiger partial charge in [0, 0.05) is 6.20 Å². The van der Waals surface area contributed by atoms with Crippen molar-refractivity contribution < 1.29 is 14.5 Å². The molecule has 0 fully saturated rings. The van der Waals surface area contributed by atoms with Crippen molar-refractivity contribution in [2.24, 2.45) is 0 Å². The number of methoxy groups -OCH3 is 1. The number of nitrogens with one attached hydrogen (secondary N) is 1. The van der Waals surface area contributed by atoms with Gasteiger partial charge in [-0.3, -0.25) is 14.9 Å². The summed E-state index contributed by atoms with van der Waals surface area (Å²) < 4.78 is 6.51. The van der Waals surface area contributed by atoms with Crippen LogP contribution in [0.25, 0.3) is 5.82 Å². The predicted molar refractivity (Wildman–Crippen MR) is 93.7 cm³/mol. The lowest BCUT2D eigenvalue weighted by Gasteiger charge is -2.08. The van der Waals surface area contributed by atoms with E-state index in [4.69, 9.17) is 4.74 Å². The SMILES string of the molecule is COc1ccc(NC(=O)c2cnn(-c3ccccn3)c2C)c([N+](=O)[O-])c1. The van der Waals surface area contributed by atoms with Crippen LogP contribution < -0.4 is 10.1 Å². The van der Waals surface area contributed by atoms with Crippen molar-refractivity contribution >= 4 is 17.3 Å². The Bertz CT molecular complexity index is 969. The Morgan fingerprint density at radius 2 is 2.12 bits per heavy atom. The summed E-state index contributed by atoms with van der Waals surface area (Å²) in [5.41, 5.74) is 0.677. The lowest BCUT2D eigenvalue weighted by atomic mass is 10.2. The van der Waals surface area contributed by atoms with E-state index in [0.29, 0.717) is 22.8 Å². The van der Waals surface area contributed by atoms with Crippen molar-refractivity contribution in [2.75, 3.05) is 12.4 Å². The van der Waals surface area contributed by atoms with Gasteiger partial charge in [0.15, 0.2) is 5.82 Å². The number of aromatic nitrogens is 3. The van der Waals surface area contributed by atoms with E-state index in [-0.39, 0.29) is 11.4 Å². The van der Waals surface area contributed by atoms with Gasteiger partial charge in [0.25, 0.3) is 11.6 Å². The molecule has 9 nitrogen and oxygen atoms in total. The lowest BCUT2D eigenvalue weighted by Crippen LogP contribution is -2.14. The molecule has 0 saturated heterocycles. The van der Waals surface area contributed by atoms with Crippen LogP contribution in [0.3, 0.4) is 0 Å². The zero-order chi connectivity index (χ0) is 18.7. The Morgan fingerprint density at radius 1 is 1.31 bits per heavy atom. The fraction of sp³-hybridized carbons (Fsp3) is 0.118. The van der Waals surface area contributed by atoms with E-state index < -0.39 is 10.8 Å². The highest BCUT2D eigenvalue weighted by atomic mass is 16.6. The van der Waals surface area contributed by atoms with Crippen molar-refractivity contribution in [3.8, 4) is 11.6 Å². The highest BCUT2D eigenvalue weighted by Crippen LogP contribution is 2.29. The molecular weight excluding hydrogens is 338 g/mol. The molecule has 26 heavy (non-hydrogen) atoms. The van der Waals surface area contributed by atoms with Crippen LogP contribution in [-0.4, -0.2) is 32.7 Å². The van der Waals surface area contributed by atoms with E-state index in [0.717, 1.165) is 0 Å². The zero-order valence-electron chi connectivity index (χ0n) is 14.0.